The summed E-state index contributed by atoms with van der Waals surface area (Å²) in [7, 11) is 0. The third-order valence-corrected chi connectivity index (χ3v) is 1.84. The number of rotatable bonds is 1. The zero-order chi connectivity index (χ0) is 9.97. The molecular weight excluding hydrogens is 180 g/mol. The summed E-state index contributed by atoms with van der Waals surface area (Å²) in [5, 5.41) is 0. The van der Waals surface area contributed by atoms with Crippen molar-refractivity contribution < 1.29 is 0 Å². The summed E-state index contributed by atoms with van der Waals surface area (Å²) in [4.78, 5) is 27.8. The smallest absolute Gasteiger partial charge is 0.182 e. The van der Waals surface area contributed by atoms with Crippen molar-refractivity contribution in [3.63, 3.8) is 0 Å². The summed E-state index contributed by atoms with van der Waals surface area (Å²) in [6.07, 6.45) is 3.09. The van der Waals surface area contributed by atoms with Crippen LogP contribution in [0.3, 0.4) is 0 Å². The lowest BCUT2D eigenvalue weighted by atomic mass is 10.2. The average molecular weight is 188 g/mol. The second kappa shape index (κ2) is 3.33. The van der Waals surface area contributed by atoms with Crippen molar-refractivity contribution in [3.8, 4) is 11.4 Å². The fourth-order valence-corrected chi connectivity index (χ4v) is 1.20. The van der Waals surface area contributed by atoms with Gasteiger partial charge in [0.1, 0.15) is 0 Å². The van der Waals surface area contributed by atoms with Gasteiger partial charge in [0.25, 0.3) is 0 Å². The maximum atomic E-state index is 11.0. The van der Waals surface area contributed by atoms with E-state index in [4.69, 9.17) is 0 Å². The fourth-order valence-electron chi connectivity index (χ4n) is 1.20. The quantitative estimate of drug-likeness (QED) is 0.692. The van der Waals surface area contributed by atoms with E-state index in [1.807, 2.05) is 0 Å². The van der Waals surface area contributed by atoms with Crippen LogP contribution in [0.4, 0.5) is 0 Å². The van der Waals surface area contributed by atoms with Crippen LogP contribution in [-0.4, -0.2) is 9.97 Å². The lowest BCUT2D eigenvalue weighted by Crippen LogP contribution is -2.02. The van der Waals surface area contributed by atoms with Gasteiger partial charge in [-0.25, -0.2) is 0 Å². The summed E-state index contributed by atoms with van der Waals surface area (Å²) in [6, 6.07) is 5.71. The molecule has 4 nitrogen and oxygen atoms in total. The molecule has 0 saturated heterocycles. The minimum Gasteiger partial charge on any atom is -0.360 e. The molecule has 0 atom stereocenters. The molecular formula is C10H8N2O2. The second-order valence-electron chi connectivity index (χ2n) is 2.88. The summed E-state index contributed by atoms with van der Waals surface area (Å²) in [5.74, 6) is 0. The number of hydrogen-bond acceptors (Lipinski definition) is 2. The van der Waals surface area contributed by atoms with Crippen LogP contribution in [0, 0.1) is 0 Å². The van der Waals surface area contributed by atoms with Gasteiger partial charge in [-0.15, -0.1) is 0 Å². The first-order valence-electron chi connectivity index (χ1n) is 4.13. The number of aromatic amines is 2. The molecule has 0 aliphatic carbocycles. The van der Waals surface area contributed by atoms with Crippen LogP contribution in [0.15, 0.2) is 46.2 Å². The van der Waals surface area contributed by atoms with E-state index < -0.39 is 0 Å². The van der Waals surface area contributed by atoms with E-state index in [-0.39, 0.29) is 10.9 Å². The molecule has 2 aromatic heterocycles. The molecule has 70 valence electrons. The summed E-state index contributed by atoms with van der Waals surface area (Å²) < 4.78 is 0. The highest BCUT2D eigenvalue weighted by atomic mass is 16.1. The molecule has 0 amide bonds. The van der Waals surface area contributed by atoms with Gasteiger partial charge >= 0.3 is 0 Å². The lowest BCUT2D eigenvalue weighted by molar-refractivity contribution is 1.23. The highest BCUT2D eigenvalue weighted by molar-refractivity contribution is 5.52. The summed E-state index contributed by atoms with van der Waals surface area (Å²) in [6.45, 7) is 0. The van der Waals surface area contributed by atoms with E-state index in [9.17, 15) is 9.59 Å². The lowest BCUT2D eigenvalue weighted by Gasteiger charge is -1.99. The molecule has 0 saturated carbocycles. The Hall–Kier alpha value is -2.10. The van der Waals surface area contributed by atoms with Crippen LogP contribution in [0.1, 0.15) is 0 Å². The van der Waals surface area contributed by atoms with Crippen molar-refractivity contribution in [2.75, 3.05) is 0 Å². The van der Waals surface area contributed by atoms with E-state index in [0.717, 1.165) is 0 Å². The first kappa shape index (κ1) is 8.50. The zero-order valence-electron chi connectivity index (χ0n) is 7.28. The Morgan fingerprint density at radius 3 is 1.57 bits per heavy atom. The van der Waals surface area contributed by atoms with Gasteiger partial charge in [0.2, 0.25) is 0 Å². The fraction of sp³-hybridized carbons (Fsp3) is 0. The van der Waals surface area contributed by atoms with Gasteiger partial charge in [-0.2, -0.15) is 0 Å². The number of aromatic nitrogens is 2. The first-order chi connectivity index (χ1) is 6.75. The molecule has 2 N–H and O–H groups in total. The molecule has 0 aromatic carbocycles. The van der Waals surface area contributed by atoms with E-state index in [0.29, 0.717) is 11.4 Å². The van der Waals surface area contributed by atoms with Crippen molar-refractivity contribution in [2.24, 2.45) is 0 Å². The Morgan fingerprint density at radius 2 is 1.21 bits per heavy atom. The van der Waals surface area contributed by atoms with Crippen LogP contribution >= 0.6 is 0 Å². The van der Waals surface area contributed by atoms with Gasteiger partial charge in [0.15, 0.2) is 10.9 Å². The number of hydrogen-bond donors (Lipinski definition) is 2. The molecule has 2 aromatic rings. The molecule has 0 unspecified atom stereocenters. The topological polar surface area (TPSA) is 65.7 Å². The minimum absolute atomic E-state index is 0.0940. The Labute approximate surface area is 79.3 Å². The Morgan fingerprint density at radius 1 is 0.786 bits per heavy atom. The van der Waals surface area contributed by atoms with Crippen LogP contribution in [-0.2, 0) is 0 Å². The SMILES string of the molecule is O=c1cc[nH]c(-c2cc(=O)cc[nH]2)c1. The number of nitrogens with one attached hydrogen (secondary N) is 2. The van der Waals surface area contributed by atoms with Gasteiger partial charge in [-0.05, 0) is 0 Å². The van der Waals surface area contributed by atoms with Gasteiger partial charge in [-0.1, -0.05) is 0 Å². The Balaban J connectivity index is 2.60. The summed E-state index contributed by atoms with van der Waals surface area (Å²) in [5.41, 5.74) is 1.03. The van der Waals surface area contributed by atoms with Gasteiger partial charge < -0.3 is 9.97 Å². The Kier molecular flexibility index (Phi) is 2.02. The normalized spacial score (nSPS) is 10.0. The van der Waals surface area contributed by atoms with Crippen LogP contribution in [0.2, 0.25) is 0 Å². The largest absolute Gasteiger partial charge is 0.360 e. The van der Waals surface area contributed by atoms with Crippen molar-refractivity contribution in [2.45, 2.75) is 0 Å². The molecule has 0 radical (unpaired) electrons. The van der Waals surface area contributed by atoms with E-state index in [1.165, 1.54) is 24.3 Å². The van der Waals surface area contributed by atoms with Crippen LogP contribution in [0.25, 0.3) is 11.4 Å². The van der Waals surface area contributed by atoms with E-state index in [1.54, 1.807) is 12.4 Å². The average Bonchev–Trinajstić information content (AvgIpc) is 2.18. The molecule has 2 rings (SSSR count). The molecule has 0 bridgehead atoms. The van der Waals surface area contributed by atoms with Crippen molar-refractivity contribution in [1.29, 1.82) is 0 Å². The van der Waals surface area contributed by atoms with E-state index >= 15 is 0 Å². The molecule has 0 fully saturated rings. The van der Waals surface area contributed by atoms with Crippen molar-refractivity contribution in [3.05, 3.63) is 57.1 Å². The predicted molar refractivity (Wildman–Crippen MR) is 53.1 cm³/mol. The predicted octanol–water partition coefficient (Wildman–Crippen LogP) is 0.730. The van der Waals surface area contributed by atoms with Gasteiger partial charge in [-0.3, -0.25) is 9.59 Å². The number of H-pyrrole nitrogens is 2. The highest BCUT2D eigenvalue weighted by Gasteiger charge is 1.98. The van der Waals surface area contributed by atoms with E-state index in [2.05, 4.69) is 9.97 Å². The van der Waals surface area contributed by atoms with Crippen molar-refractivity contribution in [1.82, 2.24) is 9.97 Å². The maximum Gasteiger partial charge on any atom is 0.182 e. The highest BCUT2D eigenvalue weighted by Crippen LogP contribution is 2.07. The molecule has 14 heavy (non-hydrogen) atoms. The third-order valence-electron chi connectivity index (χ3n) is 1.84. The van der Waals surface area contributed by atoms with Crippen molar-refractivity contribution >= 4 is 0 Å². The standard InChI is InChI=1S/C10H8N2O2/c13-7-1-3-11-9(5-7)10-6-8(14)2-4-12-10/h1-6H,(H,11,13)(H,12,14). The van der Waals surface area contributed by atoms with Crippen LogP contribution in [0.5, 0.6) is 0 Å². The number of pyridine rings is 2. The summed E-state index contributed by atoms with van der Waals surface area (Å²) >= 11 is 0. The molecule has 0 aliphatic heterocycles. The minimum atomic E-state index is -0.0940. The third kappa shape index (κ3) is 1.64. The second-order valence-corrected chi connectivity index (χ2v) is 2.88. The van der Waals surface area contributed by atoms with Gasteiger partial charge in [0.05, 0.1) is 11.4 Å². The first-order valence-corrected chi connectivity index (χ1v) is 4.13. The molecule has 2 heterocycles. The monoisotopic (exact) mass is 188 g/mol. The maximum absolute atomic E-state index is 11.0. The molecule has 0 aliphatic rings. The Bertz CT molecular complexity index is 503. The van der Waals surface area contributed by atoms with Crippen LogP contribution < -0.4 is 10.9 Å². The molecule has 0 spiro atoms. The van der Waals surface area contributed by atoms with Gasteiger partial charge in [0, 0.05) is 36.7 Å². The zero-order valence-corrected chi connectivity index (χ0v) is 7.28. The molecule has 4 heteroatoms.